The number of hydrogen-bond donors (Lipinski definition) is 1. The van der Waals surface area contributed by atoms with E-state index in [1.165, 1.54) is 40.6 Å². The Kier molecular flexibility index (Phi) is 5.75. The highest BCUT2D eigenvalue weighted by atomic mass is 32.2. The Balaban J connectivity index is 1.55. The van der Waals surface area contributed by atoms with Crippen LogP contribution in [0.25, 0.3) is 0 Å². The maximum atomic E-state index is 13.3. The van der Waals surface area contributed by atoms with Crippen molar-refractivity contribution in [3.8, 4) is 0 Å². The van der Waals surface area contributed by atoms with Gasteiger partial charge in [0.2, 0.25) is 11.1 Å². The van der Waals surface area contributed by atoms with Crippen molar-refractivity contribution in [1.82, 2.24) is 14.8 Å². The number of aryl methyl sites for hydroxylation is 2. The van der Waals surface area contributed by atoms with E-state index in [1.807, 2.05) is 6.07 Å². The molecule has 2 heterocycles. The van der Waals surface area contributed by atoms with Crippen molar-refractivity contribution in [2.75, 3.05) is 5.32 Å². The standard InChI is InChI=1S/C26H27N5O3S/c1-15-8-9-16(2)18(10-15)14-35-25-28-24-27-20-12-26(3,4)13-21(32)22(20)23(30(24)29-25)17-6-5-7-19(11-17)31(33)34/h5-11,23H,12-14H2,1-4H3,(H,27,28,29). The van der Waals surface area contributed by atoms with Gasteiger partial charge in [0.25, 0.3) is 5.69 Å². The van der Waals surface area contributed by atoms with E-state index < -0.39 is 11.0 Å². The number of ketones is 1. The molecule has 0 radical (unpaired) electrons. The summed E-state index contributed by atoms with van der Waals surface area (Å²) in [6, 6.07) is 12.3. The summed E-state index contributed by atoms with van der Waals surface area (Å²) < 4.78 is 1.71. The van der Waals surface area contributed by atoms with Crippen LogP contribution in [0.1, 0.15) is 55.0 Å². The smallest absolute Gasteiger partial charge is 0.269 e. The van der Waals surface area contributed by atoms with Gasteiger partial charge in [-0.15, -0.1) is 5.10 Å². The van der Waals surface area contributed by atoms with Crippen LogP contribution in [-0.2, 0) is 10.5 Å². The van der Waals surface area contributed by atoms with Gasteiger partial charge in [-0.2, -0.15) is 4.98 Å². The number of thioether (sulfide) groups is 1. The summed E-state index contributed by atoms with van der Waals surface area (Å²) in [5.74, 6) is 1.30. The summed E-state index contributed by atoms with van der Waals surface area (Å²) in [6.07, 6.45) is 1.11. The molecule has 0 amide bonds. The molecule has 180 valence electrons. The molecule has 1 N–H and O–H groups in total. The third-order valence-electron chi connectivity index (χ3n) is 6.57. The van der Waals surface area contributed by atoms with Crippen molar-refractivity contribution >= 4 is 29.2 Å². The molecule has 0 fully saturated rings. The number of allylic oxidation sites excluding steroid dienone is 2. The molecular formula is C26H27N5O3S. The molecule has 1 aliphatic heterocycles. The molecule has 35 heavy (non-hydrogen) atoms. The second kappa shape index (κ2) is 8.64. The number of benzene rings is 2. The first kappa shape index (κ1) is 23.3. The summed E-state index contributed by atoms with van der Waals surface area (Å²) in [5, 5.41) is 20.2. The lowest BCUT2D eigenvalue weighted by atomic mass is 9.73. The largest absolute Gasteiger partial charge is 0.328 e. The van der Waals surface area contributed by atoms with Crippen LogP contribution < -0.4 is 5.32 Å². The van der Waals surface area contributed by atoms with Gasteiger partial charge in [-0.3, -0.25) is 14.9 Å². The molecule has 0 saturated heterocycles. The Bertz CT molecular complexity index is 1390. The van der Waals surface area contributed by atoms with Crippen molar-refractivity contribution in [1.29, 1.82) is 0 Å². The Labute approximate surface area is 208 Å². The van der Waals surface area contributed by atoms with Crippen LogP contribution in [0.2, 0.25) is 0 Å². The number of nitrogens with zero attached hydrogens (tertiary/aromatic N) is 4. The Hall–Kier alpha value is -3.46. The van der Waals surface area contributed by atoms with Crippen molar-refractivity contribution in [3.63, 3.8) is 0 Å². The highest BCUT2D eigenvalue weighted by Crippen LogP contribution is 2.46. The number of non-ortho nitro benzene ring substituents is 1. The van der Waals surface area contributed by atoms with Gasteiger partial charge in [0.15, 0.2) is 5.78 Å². The first-order valence-corrected chi connectivity index (χ1v) is 12.5. The number of nitrogens with one attached hydrogen (secondary N) is 1. The molecule has 1 atom stereocenters. The zero-order valence-corrected chi connectivity index (χ0v) is 21.0. The predicted molar refractivity (Wildman–Crippen MR) is 135 cm³/mol. The Morgan fingerprint density at radius 3 is 2.77 bits per heavy atom. The van der Waals surface area contributed by atoms with Gasteiger partial charge in [0, 0.05) is 35.6 Å². The van der Waals surface area contributed by atoms with Crippen LogP contribution in [0.4, 0.5) is 11.6 Å². The Morgan fingerprint density at radius 1 is 1.20 bits per heavy atom. The number of aromatic nitrogens is 3. The minimum absolute atomic E-state index is 0.0158. The fraction of sp³-hybridized carbons (Fsp3) is 0.346. The van der Waals surface area contributed by atoms with E-state index in [-0.39, 0.29) is 16.9 Å². The van der Waals surface area contributed by atoms with Gasteiger partial charge in [0.1, 0.15) is 6.04 Å². The van der Waals surface area contributed by atoms with E-state index in [4.69, 9.17) is 10.1 Å². The van der Waals surface area contributed by atoms with Crippen LogP contribution in [0.5, 0.6) is 0 Å². The van der Waals surface area contributed by atoms with Crippen molar-refractivity contribution in [3.05, 3.63) is 86.1 Å². The monoisotopic (exact) mass is 489 g/mol. The molecule has 0 saturated carbocycles. The SMILES string of the molecule is Cc1ccc(C)c(CSc2nc3n(n2)C(c2cccc([N+](=O)[O-])c2)C2=C(CC(C)(C)CC2=O)N3)c1. The lowest BCUT2D eigenvalue weighted by molar-refractivity contribution is -0.384. The van der Waals surface area contributed by atoms with Gasteiger partial charge in [0.05, 0.1) is 4.92 Å². The molecule has 1 unspecified atom stereocenters. The zero-order chi connectivity index (χ0) is 24.9. The summed E-state index contributed by atoms with van der Waals surface area (Å²) in [4.78, 5) is 29.1. The number of anilines is 1. The average Bonchev–Trinajstić information content (AvgIpc) is 3.20. The van der Waals surface area contributed by atoms with Gasteiger partial charge < -0.3 is 5.32 Å². The molecule has 5 rings (SSSR count). The van der Waals surface area contributed by atoms with E-state index >= 15 is 0 Å². The lowest BCUT2D eigenvalue weighted by Crippen LogP contribution is -2.36. The summed E-state index contributed by atoms with van der Waals surface area (Å²) in [6.45, 7) is 8.31. The maximum Gasteiger partial charge on any atom is 0.269 e. The molecule has 1 aliphatic carbocycles. The number of hydrogen-bond acceptors (Lipinski definition) is 7. The van der Waals surface area contributed by atoms with E-state index in [2.05, 4.69) is 51.2 Å². The fourth-order valence-corrected chi connectivity index (χ4v) is 5.76. The topological polar surface area (TPSA) is 103 Å². The number of carbonyl (C=O) groups excluding carboxylic acids is 1. The second-order valence-corrected chi connectivity index (χ2v) is 11.0. The van der Waals surface area contributed by atoms with Crippen molar-refractivity contribution in [2.45, 2.75) is 57.5 Å². The third-order valence-corrected chi connectivity index (χ3v) is 7.46. The van der Waals surface area contributed by atoms with E-state index in [1.54, 1.807) is 10.7 Å². The number of Topliss-reactive ketones (excluding diaryl/α,β-unsaturated/α-hetero) is 1. The van der Waals surface area contributed by atoms with Crippen LogP contribution in [-0.4, -0.2) is 25.5 Å². The van der Waals surface area contributed by atoms with Crippen LogP contribution >= 0.6 is 11.8 Å². The molecular weight excluding hydrogens is 462 g/mol. The molecule has 0 bridgehead atoms. The maximum absolute atomic E-state index is 13.3. The molecule has 8 nitrogen and oxygen atoms in total. The third kappa shape index (κ3) is 4.48. The van der Waals surface area contributed by atoms with Crippen LogP contribution in [0.15, 0.2) is 58.9 Å². The summed E-state index contributed by atoms with van der Waals surface area (Å²) in [5.41, 5.74) is 5.54. The van der Waals surface area contributed by atoms with Crippen LogP contribution in [0, 0.1) is 29.4 Å². The lowest BCUT2D eigenvalue weighted by Gasteiger charge is -2.38. The number of fused-ring (bicyclic) bond motifs is 1. The quantitative estimate of drug-likeness (QED) is 0.276. The summed E-state index contributed by atoms with van der Waals surface area (Å²) >= 11 is 1.53. The number of nitro benzene ring substituents is 1. The van der Waals surface area contributed by atoms with Gasteiger partial charge in [-0.05, 0) is 42.4 Å². The first-order valence-electron chi connectivity index (χ1n) is 11.5. The molecule has 0 spiro atoms. The number of carbonyl (C=O) groups is 1. The molecule has 2 aliphatic rings. The second-order valence-electron chi connectivity index (χ2n) is 10.1. The van der Waals surface area contributed by atoms with Gasteiger partial charge in [-0.25, -0.2) is 4.68 Å². The molecule has 9 heteroatoms. The minimum Gasteiger partial charge on any atom is -0.328 e. The number of nitro groups is 1. The molecule has 2 aromatic carbocycles. The van der Waals surface area contributed by atoms with E-state index in [0.717, 1.165) is 11.4 Å². The molecule has 3 aromatic rings. The normalized spacial score (nSPS) is 18.6. The number of rotatable bonds is 5. The van der Waals surface area contributed by atoms with Crippen LogP contribution in [0.3, 0.4) is 0 Å². The predicted octanol–water partition coefficient (Wildman–Crippen LogP) is 5.75. The van der Waals surface area contributed by atoms with Crippen molar-refractivity contribution in [2.24, 2.45) is 5.41 Å². The summed E-state index contributed by atoms with van der Waals surface area (Å²) in [7, 11) is 0. The fourth-order valence-electron chi connectivity index (χ4n) is 4.87. The first-order chi connectivity index (χ1) is 16.6. The van der Waals surface area contributed by atoms with Crippen molar-refractivity contribution < 1.29 is 9.72 Å². The highest BCUT2D eigenvalue weighted by molar-refractivity contribution is 7.98. The minimum atomic E-state index is -0.563. The van der Waals surface area contributed by atoms with E-state index in [0.29, 0.717) is 35.1 Å². The Morgan fingerprint density at radius 2 is 2.00 bits per heavy atom. The van der Waals surface area contributed by atoms with Gasteiger partial charge >= 0.3 is 0 Å². The zero-order valence-electron chi connectivity index (χ0n) is 20.2. The molecule has 1 aromatic heterocycles. The average molecular weight is 490 g/mol. The van der Waals surface area contributed by atoms with E-state index in [9.17, 15) is 14.9 Å². The highest BCUT2D eigenvalue weighted by Gasteiger charge is 2.42. The van der Waals surface area contributed by atoms with Gasteiger partial charge in [-0.1, -0.05) is 61.5 Å².